The summed E-state index contributed by atoms with van der Waals surface area (Å²) in [5, 5.41) is 4.84. The van der Waals surface area contributed by atoms with Crippen molar-refractivity contribution in [3.8, 4) is 0 Å². The van der Waals surface area contributed by atoms with E-state index in [0.29, 0.717) is 5.56 Å². The highest BCUT2D eigenvalue weighted by Gasteiger charge is 2.18. The maximum absolute atomic E-state index is 11.3. The number of rotatable bonds is 5. The average molecular weight is 306 g/mol. The Hall–Kier alpha value is -1.64. The van der Waals surface area contributed by atoms with Crippen molar-refractivity contribution in [2.75, 3.05) is 0 Å². The quantitative estimate of drug-likeness (QED) is 0.643. The van der Waals surface area contributed by atoms with Gasteiger partial charge < -0.3 is 11.5 Å². The van der Waals surface area contributed by atoms with Gasteiger partial charge in [-0.1, -0.05) is 11.6 Å². The van der Waals surface area contributed by atoms with Crippen LogP contribution in [0.5, 0.6) is 0 Å². The number of halogens is 1. The fraction of sp³-hybridized carbons (Fsp3) is 0.200. The monoisotopic (exact) mass is 305 g/mol. The first-order chi connectivity index (χ1) is 8.61. The summed E-state index contributed by atoms with van der Waals surface area (Å²) < 4.78 is 22.6. The summed E-state index contributed by atoms with van der Waals surface area (Å²) in [5.41, 5.74) is 10.7. The predicted molar refractivity (Wildman–Crippen MR) is 68.6 cm³/mol. The van der Waals surface area contributed by atoms with Crippen LogP contribution in [0.25, 0.3) is 0 Å². The van der Waals surface area contributed by atoms with Gasteiger partial charge in [-0.05, 0) is 23.3 Å². The average Bonchev–Trinajstić information content (AvgIpc) is 2.18. The molecule has 0 saturated carbocycles. The molecule has 0 radical (unpaired) electrons. The van der Waals surface area contributed by atoms with Gasteiger partial charge in [0, 0.05) is 0 Å². The van der Waals surface area contributed by atoms with Gasteiger partial charge in [0.15, 0.2) is 0 Å². The topological polar surface area (TPSA) is 146 Å². The van der Waals surface area contributed by atoms with Gasteiger partial charge >= 0.3 is 0 Å². The first-order valence-electron chi connectivity index (χ1n) is 5.02. The summed E-state index contributed by atoms with van der Waals surface area (Å²) in [7, 11) is -4.04. The van der Waals surface area contributed by atoms with Gasteiger partial charge in [-0.15, -0.1) is 0 Å². The van der Waals surface area contributed by atoms with E-state index in [1.807, 2.05) is 0 Å². The van der Waals surface area contributed by atoms with Crippen molar-refractivity contribution in [1.29, 1.82) is 0 Å². The van der Waals surface area contributed by atoms with Gasteiger partial charge in [-0.25, -0.2) is 13.6 Å². The van der Waals surface area contributed by atoms with Crippen LogP contribution in [0.4, 0.5) is 0 Å². The first-order valence-corrected chi connectivity index (χ1v) is 6.94. The van der Waals surface area contributed by atoms with Crippen LogP contribution in [0.1, 0.15) is 11.1 Å². The smallest absolute Gasteiger partial charge is 0.239 e. The largest absolute Gasteiger partial charge is 0.369 e. The van der Waals surface area contributed by atoms with Gasteiger partial charge in [0.2, 0.25) is 21.8 Å². The van der Waals surface area contributed by atoms with E-state index in [0.717, 1.165) is 6.07 Å². The molecular weight excluding hydrogens is 294 g/mol. The van der Waals surface area contributed by atoms with E-state index in [9.17, 15) is 18.0 Å². The van der Waals surface area contributed by atoms with Crippen LogP contribution < -0.4 is 16.6 Å². The number of benzene rings is 1. The maximum atomic E-state index is 11.3. The molecule has 19 heavy (non-hydrogen) atoms. The molecule has 1 aromatic carbocycles. The van der Waals surface area contributed by atoms with Gasteiger partial charge in [0.05, 0.1) is 17.9 Å². The van der Waals surface area contributed by atoms with Crippen LogP contribution in [-0.4, -0.2) is 20.2 Å². The van der Waals surface area contributed by atoms with Gasteiger partial charge in [0.25, 0.3) is 0 Å². The molecule has 0 atom stereocenters. The lowest BCUT2D eigenvalue weighted by molar-refractivity contribution is -0.118. The van der Waals surface area contributed by atoms with Crippen LogP contribution in [0.15, 0.2) is 17.0 Å². The molecule has 1 rings (SSSR count). The molecule has 0 fully saturated rings. The SMILES string of the molecule is NC(=O)Cc1cc(Cl)c(S(N)(=O)=O)cc1CC(N)=O. The number of amides is 2. The Morgan fingerprint density at radius 3 is 1.84 bits per heavy atom. The molecular formula is C10H12ClN3O4S. The summed E-state index contributed by atoms with van der Waals surface area (Å²) in [5.74, 6) is -1.33. The van der Waals surface area contributed by atoms with Gasteiger partial charge in [0.1, 0.15) is 4.90 Å². The van der Waals surface area contributed by atoms with Crippen molar-refractivity contribution in [2.45, 2.75) is 17.7 Å². The molecule has 9 heteroatoms. The van der Waals surface area contributed by atoms with E-state index >= 15 is 0 Å². The summed E-state index contributed by atoms with van der Waals surface area (Å²) in [6.45, 7) is 0. The van der Waals surface area contributed by atoms with Crippen molar-refractivity contribution in [3.63, 3.8) is 0 Å². The summed E-state index contributed by atoms with van der Waals surface area (Å²) in [6.07, 6.45) is -0.435. The van der Waals surface area contributed by atoms with E-state index < -0.39 is 21.8 Å². The molecule has 0 spiro atoms. The second-order valence-corrected chi connectivity index (χ2v) is 5.82. The molecule has 7 nitrogen and oxygen atoms in total. The number of carbonyl (C=O) groups is 2. The molecule has 2 amide bonds. The Balaban J connectivity index is 3.44. The minimum Gasteiger partial charge on any atom is -0.369 e. The van der Waals surface area contributed by atoms with Crippen LogP contribution in [0.3, 0.4) is 0 Å². The van der Waals surface area contributed by atoms with E-state index in [1.165, 1.54) is 6.07 Å². The Morgan fingerprint density at radius 1 is 1.05 bits per heavy atom. The molecule has 104 valence electrons. The van der Waals surface area contributed by atoms with E-state index in [4.69, 9.17) is 28.2 Å². The zero-order valence-corrected chi connectivity index (χ0v) is 11.3. The highest BCUT2D eigenvalue weighted by atomic mass is 35.5. The van der Waals surface area contributed by atoms with Gasteiger partial charge in [-0.2, -0.15) is 0 Å². The van der Waals surface area contributed by atoms with Crippen LogP contribution in [-0.2, 0) is 32.5 Å². The highest BCUT2D eigenvalue weighted by molar-refractivity contribution is 7.89. The molecule has 1 aromatic rings. The van der Waals surface area contributed by atoms with Crippen molar-refractivity contribution in [1.82, 2.24) is 0 Å². The number of sulfonamides is 1. The van der Waals surface area contributed by atoms with E-state index in [2.05, 4.69) is 0 Å². The lowest BCUT2D eigenvalue weighted by atomic mass is 10.0. The first kappa shape index (κ1) is 15.4. The van der Waals surface area contributed by atoms with Gasteiger partial charge in [-0.3, -0.25) is 9.59 Å². The zero-order valence-electron chi connectivity index (χ0n) is 9.72. The lowest BCUT2D eigenvalue weighted by Gasteiger charge is -2.10. The fourth-order valence-electron chi connectivity index (χ4n) is 1.56. The molecule has 0 aliphatic carbocycles. The van der Waals surface area contributed by atoms with E-state index in [-0.39, 0.29) is 28.3 Å². The Labute approximate surface area is 114 Å². The Bertz CT molecular complexity index is 642. The second kappa shape index (κ2) is 5.55. The molecule has 0 aromatic heterocycles. The number of primary amides is 2. The molecule has 6 N–H and O–H groups in total. The van der Waals surface area contributed by atoms with Crippen molar-refractivity contribution in [3.05, 3.63) is 28.3 Å². The molecule has 0 bridgehead atoms. The standard InChI is InChI=1S/C10H12ClN3O4S/c11-7-1-5(3-9(12)15)6(4-10(13)16)2-8(7)19(14,17)18/h1-2H,3-4H2,(H2,12,15)(H2,13,16)(H2,14,17,18). The zero-order chi connectivity index (χ0) is 14.8. The van der Waals surface area contributed by atoms with Crippen molar-refractivity contribution in [2.24, 2.45) is 16.6 Å². The molecule has 0 aliphatic heterocycles. The van der Waals surface area contributed by atoms with E-state index in [1.54, 1.807) is 0 Å². The van der Waals surface area contributed by atoms with Crippen LogP contribution >= 0.6 is 11.6 Å². The third-order valence-corrected chi connectivity index (χ3v) is 3.67. The number of carbonyl (C=O) groups excluding carboxylic acids is 2. The maximum Gasteiger partial charge on any atom is 0.239 e. The lowest BCUT2D eigenvalue weighted by Crippen LogP contribution is -2.20. The van der Waals surface area contributed by atoms with Crippen molar-refractivity contribution >= 4 is 33.4 Å². The molecule has 0 aliphatic rings. The fourth-order valence-corrected chi connectivity index (χ4v) is 2.71. The summed E-state index contributed by atoms with van der Waals surface area (Å²) in [4.78, 5) is 21.5. The minimum absolute atomic E-state index is 0.146. The minimum atomic E-state index is -4.04. The number of hydrogen-bond donors (Lipinski definition) is 3. The van der Waals surface area contributed by atoms with Crippen LogP contribution in [0.2, 0.25) is 5.02 Å². The molecule has 0 unspecified atom stereocenters. The third kappa shape index (κ3) is 4.19. The summed E-state index contributed by atoms with van der Waals surface area (Å²) >= 11 is 5.78. The Morgan fingerprint density at radius 2 is 1.47 bits per heavy atom. The van der Waals surface area contributed by atoms with Crippen molar-refractivity contribution < 1.29 is 18.0 Å². The number of primary sulfonamides is 1. The van der Waals surface area contributed by atoms with Crippen LogP contribution in [0, 0.1) is 0 Å². The number of nitrogens with two attached hydrogens (primary N) is 3. The normalized spacial score (nSPS) is 11.3. The number of hydrogen-bond acceptors (Lipinski definition) is 4. The second-order valence-electron chi connectivity index (χ2n) is 3.88. The highest BCUT2D eigenvalue weighted by Crippen LogP contribution is 2.25. The molecule has 0 saturated heterocycles. The molecule has 0 heterocycles. The summed E-state index contributed by atoms with van der Waals surface area (Å²) in [6, 6.07) is 2.37. The third-order valence-electron chi connectivity index (χ3n) is 2.29. The predicted octanol–water partition coefficient (Wildman–Crippen LogP) is -0.957. The Kier molecular flexibility index (Phi) is 4.51.